The SMILES string of the molecule is CCC(C(N)=O)n1cnc(C(=O)O)c1. The summed E-state index contributed by atoms with van der Waals surface area (Å²) in [5, 5.41) is 8.60. The number of carbonyl (C=O) groups is 2. The molecule has 3 N–H and O–H groups in total. The smallest absolute Gasteiger partial charge is 0.356 e. The molecule has 6 nitrogen and oxygen atoms in total. The van der Waals surface area contributed by atoms with E-state index in [0.29, 0.717) is 6.42 Å². The predicted octanol–water partition coefficient (Wildman–Crippen LogP) is 0.0177. The summed E-state index contributed by atoms with van der Waals surface area (Å²) in [6.07, 6.45) is 3.09. The Hall–Kier alpha value is -1.85. The van der Waals surface area contributed by atoms with Crippen molar-refractivity contribution in [3.05, 3.63) is 18.2 Å². The highest BCUT2D eigenvalue weighted by Crippen LogP contribution is 2.10. The van der Waals surface area contributed by atoms with Crippen molar-refractivity contribution in [1.29, 1.82) is 0 Å². The van der Waals surface area contributed by atoms with E-state index in [2.05, 4.69) is 4.98 Å². The average Bonchev–Trinajstić information content (AvgIpc) is 2.53. The van der Waals surface area contributed by atoms with Crippen molar-refractivity contribution in [3.63, 3.8) is 0 Å². The molecule has 14 heavy (non-hydrogen) atoms. The molecule has 76 valence electrons. The minimum atomic E-state index is -1.12. The molecule has 0 aromatic carbocycles. The molecule has 1 atom stereocenters. The van der Waals surface area contributed by atoms with Crippen LogP contribution in [0.1, 0.15) is 29.9 Å². The van der Waals surface area contributed by atoms with E-state index in [4.69, 9.17) is 10.8 Å². The predicted molar refractivity (Wildman–Crippen MR) is 47.7 cm³/mol. The second-order valence-electron chi connectivity index (χ2n) is 2.84. The molecule has 0 aliphatic rings. The number of rotatable bonds is 4. The van der Waals surface area contributed by atoms with Gasteiger partial charge in [0.25, 0.3) is 0 Å². The van der Waals surface area contributed by atoms with Crippen LogP contribution >= 0.6 is 0 Å². The topological polar surface area (TPSA) is 98.2 Å². The first-order valence-corrected chi connectivity index (χ1v) is 4.12. The van der Waals surface area contributed by atoms with Gasteiger partial charge in [0.15, 0.2) is 5.69 Å². The summed E-state index contributed by atoms with van der Waals surface area (Å²) in [7, 11) is 0. The van der Waals surface area contributed by atoms with Crippen LogP contribution in [0.15, 0.2) is 12.5 Å². The lowest BCUT2D eigenvalue weighted by Gasteiger charge is -2.10. The summed E-state index contributed by atoms with van der Waals surface area (Å²) in [6.45, 7) is 1.79. The van der Waals surface area contributed by atoms with Crippen molar-refractivity contribution >= 4 is 11.9 Å². The van der Waals surface area contributed by atoms with Crippen LogP contribution in [-0.4, -0.2) is 26.5 Å². The van der Waals surface area contributed by atoms with Crippen LogP contribution in [0.25, 0.3) is 0 Å². The number of primary amides is 1. The monoisotopic (exact) mass is 197 g/mol. The van der Waals surface area contributed by atoms with Crippen LogP contribution in [0.5, 0.6) is 0 Å². The fourth-order valence-corrected chi connectivity index (χ4v) is 1.18. The fourth-order valence-electron chi connectivity index (χ4n) is 1.18. The Bertz CT molecular complexity index is 358. The van der Waals surface area contributed by atoms with E-state index in [1.54, 1.807) is 6.92 Å². The Morgan fingerprint density at radius 2 is 2.36 bits per heavy atom. The Balaban J connectivity index is 2.95. The highest BCUT2D eigenvalue weighted by molar-refractivity contribution is 5.85. The fraction of sp³-hybridized carbons (Fsp3) is 0.375. The van der Waals surface area contributed by atoms with Gasteiger partial charge in [-0.05, 0) is 6.42 Å². The van der Waals surface area contributed by atoms with Gasteiger partial charge in [-0.25, -0.2) is 9.78 Å². The second-order valence-corrected chi connectivity index (χ2v) is 2.84. The van der Waals surface area contributed by atoms with E-state index >= 15 is 0 Å². The Kier molecular flexibility index (Phi) is 2.85. The number of nitrogens with zero attached hydrogens (tertiary/aromatic N) is 2. The van der Waals surface area contributed by atoms with E-state index in [9.17, 15) is 9.59 Å². The van der Waals surface area contributed by atoms with Gasteiger partial charge in [0.1, 0.15) is 6.04 Å². The Morgan fingerprint density at radius 1 is 1.71 bits per heavy atom. The summed E-state index contributed by atoms with van der Waals surface area (Å²) in [5.41, 5.74) is 5.04. The van der Waals surface area contributed by atoms with Crippen molar-refractivity contribution in [1.82, 2.24) is 9.55 Å². The average molecular weight is 197 g/mol. The van der Waals surface area contributed by atoms with Gasteiger partial charge < -0.3 is 15.4 Å². The molecule has 1 heterocycles. The minimum Gasteiger partial charge on any atom is -0.476 e. The largest absolute Gasteiger partial charge is 0.476 e. The Labute approximate surface area is 80.4 Å². The maximum atomic E-state index is 10.9. The number of carboxylic acids is 1. The van der Waals surface area contributed by atoms with Crippen molar-refractivity contribution in [2.24, 2.45) is 5.73 Å². The molecule has 0 spiro atoms. The number of aromatic carboxylic acids is 1. The molecule has 0 bridgehead atoms. The zero-order valence-corrected chi connectivity index (χ0v) is 7.67. The standard InChI is InChI=1S/C8H11N3O3/c1-2-6(7(9)12)11-3-5(8(13)14)10-4-11/h3-4,6H,2H2,1H3,(H2,9,12)(H,13,14). The molecule has 0 aliphatic heterocycles. The third kappa shape index (κ3) is 1.90. The van der Waals surface area contributed by atoms with Gasteiger partial charge in [-0.1, -0.05) is 6.92 Å². The van der Waals surface area contributed by atoms with Crippen molar-refractivity contribution in [2.75, 3.05) is 0 Å². The number of nitrogens with two attached hydrogens (primary N) is 1. The maximum absolute atomic E-state index is 10.9. The van der Waals surface area contributed by atoms with E-state index < -0.39 is 17.9 Å². The zero-order valence-electron chi connectivity index (χ0n) is 7.67. The molecule has 1 amide bonds. The Morgan fingerprint density at radius 3 is 2.71 bits per heavy atom. The number of aromatic nitrogens is 2. The number of hydrogen-bond donors (Lipinski definition) is 2. The molecular formula is C8H11N3O3. The van der Waals surface area contributed by atoms with Gasteiger partial charge in [0, 0.05) is 6.20 Å². The van der Waals surface area contributed by atoms with Crippen LogP contribution in [0, 0.1) is 0 Å². The van der Waals surface area contributed by atoms with Crippen LogP contribution in [0.2, 0.25) is 0 Å². The van der Waals surface area contributed by atoms with Gasteiger partial charge in [0.2, 0.25) is 5.91 Å². The number of imidazole rings is 1. The normalized spacial score (nSPS) is 12.4. The van der Waals surface area contributed by atoms with Crippen LogP contribution in [-0.2, 0) is 4.79 Å². The van der Waals surface area contributed by atoms with E-state index in [1.165, 1.54) is 17.1 Å². The summed E-state index contributed by atoms with van der Waals surface area (Å²) in [4.78, 5) is 25.1. The number of carboxylic acid groups (broad SMARTS) is 1. The van der Waals surface area contributed by atoms with Gasteiger partial charge in [-0.15, -0.1) is 0 Å². The first-order valence-electron chi connectivity index (χ1n) is 4.12. The van der Waals surface area contributed by atoms with Crippen molar-refractivity contribution in [3.8, 4) is 0 Å². The third-order valence-electron chi connectivity index (χ3n) is 1.90. The van der Waals surface area contributed by atoms with Crippen molar-refractivity contribution in [2.45, 2.75) is 19.4 Å². The van der Waals surface area contributed by atoms with Gasteiger partial charge in [-0.3, -0.25) is 4.79 Å². The van der Waals surface area contributed by atoms with Crippen molar-refractivity contribution < 1.29 is 14.7 Å². The number of hydrogen-bond acceptors (Lipinski definition) is 3. The van der Waals surface area contributed by atoms with E-state index in [0.717, 1.165) is 0 Å². The zero-order chi connectivity index (χ0) is 10.7. The van der Waals surface area contributed by atoms with E-state index in [-0.39, 0.29) is 5.69 Å². The molecule has 6 heteroatoms. The molecule has 0 fully saturated rings. The molecule has 1 unspecified atom stereocenters. The molecule has 0 aliphatic carbocycles. The van der Waals surface area contributed by atoms with Crippen LogP contribution < -0.4 is 5.73 Å². The van der Waals surface area contributed by atoms with Gasteiger partial charge in [-0.2, -0.15) is 0 Å². The lowest BCUT2D eigenvalue weighted by Crippen LogP contribution is -2.25. The first-order chi connectivity index (χ1) is 6.56. The molecule has 0 saturated carbocycles. The second kappa shape index (κ2) is 3.91. The molecule has 1 aromatic heterocycles. The summed E-state index contributed by atoms with van der Waals surface area (Å²) in [5.74, 6) is -1.62. The first kappa shape index (κ1) is 10.2. The number of amides is 1. The molecule has 1 aromatic rings. The molecule has 0 saturated heterocycles. The molecule has 1 rings (SSSR count). The van der Waals surface area contributed by atoms with Gasteiger partial charge >= 0.3 is 5.97 Å². The third-order valence-corrected chi connectivity index (χ3v) is 1.90. The lowest BCUT2D eigenvalue weighted by molar-refractivity contribution is -0.121. The van der Waals surface area contributed by atoms with Crippen LogP contribution in [0.4, 0.5) is 0 Å². The molecule has 0 radical (unpaired) electrons. The summed E-state index contributed by atoms with van der Waals surface area (Å²) in [6, 6.07) is -0.532. The van der Waals surface area contributed by atoms with Gasteiger partial charge in [0.05, 0.1) is 6.33 Å². The molecular weight excluding hydrogens is 186 g/mol. The highest BCUT2D eigenvalue weighted by Gasteiger charge is 2.16. The maximum Gasteiger partial charge on any atom is 0.356 e. The van der Waals surface area contributed by atoms with E-state index in [1.807, 2.05) is 0 Å². The minimum absolute atomic E-state index is 0.0929. The lowest BCUT2D eigenvalue weighted by atomic mass is 10.2. The summed E-state index contributed by atoms with van der Waals surface area (Å²) < 4.78 is 1.41. The van der Waals surface area contributed by atoms with Crippen LogP contribution in [0.3, 0.4) is 0 Å². The quantitative estimate of drug-likeness (QED) is 0.710. The summed E-state index contributed by atoms with van der Waals surface area (Å²) >= 11 is 0. The highest BCUT2D eigenvalue weighted by atomic mass is 16.4. The number of carbonyl (C=O) groups excluding carboxylic acids is 1.